The maximum absolute atomic E-state index is 12.4. The lowest BCUT2D eigenvalue weighted by Crippen LogP contribution is -2.58. The number of hydrogen-bond acceptors (Lipinski definition) is 6. The first-order valence-electron chi connectivity index (χ1n) is 8.94. The number of aliphatic hydroxyl groups is 2. The van der Waals surface area contributed by atoms with Crippen LogP contribution in [0.1, 0.15) is 33.1 Å². The molecule has 2 aliphatic carbocycles. The molecule has 6 atom stereocenters. The predicted molar refractivity (Wildman–Crippen MR) is 93.8 cm³/mol. The van der Waals surface area contributed by atoms with Crippen molar-refractivity contribution in [1.29, 1.82) is 0 Å². The zero-order valence-corrected chi connectivity index (χ0v) is 15.2. The Hall–Kier alpha value is -1.92. The highest BCUT2D eigenvalue weighted by Crippen LogP contribution is 2.57. The largest absolute Gasteiger partial charge is 0.458 e. The Labute approximate surface area is 153 Å². The second-order valence-corrected chi connectivity index (χ2v) is 7.83. The van der Waals surface area contributed by atoms with Gasteiger partial charge in [-0.15, -0.1) is 0 Å². The molecule has 0 amide bonds. The Morgan fingerprint density at radius 1 is 1.46 bits per heavy atom. The first kappa shape index (κ1) is 18.9. The molecule has 0 aromatic carbocycles. The number of rotatable bonds is 3. The highest BCUT2D eigenvalue weighted by Gasteiger charge is 2.62. The van der Waals surface area contributed by atoms with Crippen LogP contribution in [0.25, 0.3) is 0 Å². The topological polar surface area (TPSA) is 93.1 Å². The standard InChI is InChI=1S/C20H26O6/c1-10-5-6-14(22)20(4)9-13(25-18(23)11(2)7-8-21)15-12(3)19(24)26-17(15)16(10)20/h7,13-17,21-22H,1,3,5-6,8-9H2,2,4H3/b11-7+/t13-,14-,15-,16-,17+,20+/m0/s1. The summed E-state index contributed by atoms with van der Waals surface area (Å²) >= 11 is 0. The Morgan fingerprint density at radius 3 is 2.81 bits per heavy atom. The monoisotopic (exact) mass is 362 g/mol. The van der Waals surface area contributed by atoms with Gasteiger partial charge in [-0.2, -0.15) is 0 Å². The summed E-state index contributed by atoms with van der Waals surface area (Å²) in [6.45, 7) is 11.2. The van der Waals surface area contributed by atoms with E-state index >= 15 is 0 Å². The quantitative estimate of drug-likeness (QED) is 0.451. The smallest absolute Gasteiger partial charge is 0.334 e. The Morgan fingerprint density at radius 2 is 2.15 bits per heavy atom. The molecular formula is C20H26O6. The van der Waals surface area contributed by atoms with E-state index in [-0.39, 0.29) is 12.5 Å². The molecule has 2 N–H and O–H groups in total. The van der Waals surface area contributed by atoms with Crippen molar-refractivity contribution in [3.05, 3.63) is 36.0 Å². The normalized spacial score (nSPS) is 39.9. The molecule has 26 heavy (non-hydrogen) atoms. The molecule has 0 bridgehead atoms. The van der Waals surface area contributed by atoms with Crippen molar-refractivity contribution in [1.82, 2.24) is 0 Å². The zero-order valence-electron chi connectivity index (χ0n) is 15.2. The number of hydrogen-bond donors (Lipinski definition) is 2. The molecule has 0 aromatic heterocycles. The van der Waals surface area contributed by atoms with Crippen molar-refractivity contribution in [2.24, 2.45) is 17.3 Å². The molecule has 1 heterocycles. The minimum absolute atomic E-state index is 0.191. The SMILES string of the molecule is C=C1C(=O)O[C@@H]2[C@@H]1[C@@H](OC(=O)/C(C)=C/CO)C[C@]1(C)[C@@H](O)CCC(=C)[C@@H]21. The summed E-state index contributed by atoms with van der Waals surface area (Å²) in [6, 6.07) is 0. The summed E-state index contributed by atoms with van der Waals surface area (Å²) in [7, 11) is 0. The van der Waals surface area contributed by atoms with E-state index in [0.29, 0.717) is 30.4 Å². The van der Waals surface area contributed by atoms with Crippen LogP contribution in [0.3, 0.4) is 0 Å². The summed E-state index contributed by atoms with van der Waals surface area (Å²) < 4.78 is 11.3. The van der Waals surface area contributed by atoms with Gasteiger partial charge in [0, 0.05) is 22.5 Å². The number of ether oxygens (including phenoxy) is 2. The maximum atomic E-state index is 12.4. The van der Waals surface area contributed by atoms with Gasteiger partial charge >= 0.3 is 11.9 Å². The van der Waals surface area contributed by atoms with E-state index in [1.54, 1.807) is 6.92 Å². The van der Waals surface area contributed by atoms with Crippen LogP contribution in [0.2, 0.25) is 0 Å². The van der Waals surface area contributed by atoms with Gasteiger partial charge in [-0.3, -0.25) is 0 Å². The van der Waals surface area contributed by atoms with E-state index in [4.69, 9.17) is 14.6 Å². The molecule has 6 nitrogen and oxygen atoms in total. The van der Waals surface area contributed by atoms with Gasteiger partial charge in [0.05, 0.1) is 18.6 Å². The van der Waals surface area contributed by atoms with Crippen LogP contribution in [0.15, 0.2) is 36.0 Å². The average Bonchev–Trinajstić information content (AvgIpc) is 2.86. The van der Waals surface area contributed by atoms with Crippen LogP contribution in [-0.2, 0) is 19.1 Å². The molecular weight excluding hydrogens is 336 g/mol. The third-order valence-electron chi connectivity index (χ3n) is 6.26. The Bertz CT molecular complexity index is 692. The first-order valence-corrected chi connectivity index (χ1v) is 8.94. The molecule has 6 heteroatoms. The average molecular weight is 362 g/mol. The van der Waals surface area contributed by atoms with Crippen molar-refractivity contribution in [3.8, 4) is 0 Å². The molecule has 0 aromatic rings. The summed E-state index contributed by atoms with van der Waals surface area (Å²) in [6.07, 6.45) is 1.27. The molecule has 0 radical (unpaired) electrons. The summed E-state index contributed by atoms with van der Waals surface area (Å²) in [5, 5.41) is 19.7. The predicted octanol–water partition coefficient (Wildman–Crippen LogP) is 1.67. The number of aliphatic hydroxyl groups excluding tert-OH is 2. The number of carbonyl (C=O) groups is 2. The van der Waals surface area contributed by atoms with Crippen molar-refractivity contribution in [2.75, 3.05) is 6.61 Å². The van der Waals surface area contributed by atoms with E-state index in [0.717, 1.165) is 5.57 Å². The highest BCUT2D eigenvalue weighted by atomic mass is 16.6. The first-order chi connectivity index (χ1) is 12.2. The van der Waals surface area contributed by atoms with Gasteiger partial charge in [0.25, 0.3) is 0 Å². The van der Waals surface area contributed by atoms with Crippen molar-refractivity contribution < 1.29 is 29.3 Å². The van der Waals surface area contributed by atoms with E-state index in [9.17, 15) is 14.7 Å². The Balaban J connectivity index is 1.96. The molecule has 1 aliphatic heterocycles. The molecule has 3 aliphatic rings. The van der Waals surface area contributed by atoms with Gasteiger partial charge in [0.2, 0.25) is 0 Å². The lowest BCUT2D eigenvalue weighted by Gasteiger charge is -2.54. The van der Waals surface area contributed by atoms with Crippen LogP contribution in [0.5, 0.6) is 0 Å². The third-order valence-corrected chi connectivity index (χ3v) is 6.26. The molecule has 0 spiro atoms. The van der Waals surface area contributed by atoms with Gasteiger partial charge in [-0.25, -0.2) is 9.59 Å². The van der Waals surface area contributed by atoms with E-state index in [2.05, 4.69) is 13.2 Å². The van der Waals surface area contributed by atoms with Crippen molar-refractivity contribution in [3.63, 3.8) is 0 Å². The van der Waals surface area contributed by atoms with Crippen molar-refractivity contribution in [2.45, 2.75) is 51.4 Å². The second-order valence-electron chi connectivity index (χ2n) is 7.83. The van der Waals surface area contributed by atoms with Gasteiger partial charge in [0.15, 0.2) is 0 Å². The minimum atomic E-state index is -0.629. The molecule has 2 saturated carbocycles. The lowest BCUT2D eigenvalue weighted by atomic mass is 9.53. The molecule has 142 valence electrons. The summed E-state index contributed by atoms with van der Waals surface area (Å²) in [5.41, 5.74) is 0.949. The second kappa shape index (κ2) is 6.67. The minimum Gasteiger partial charge on any atom is -0.458 e. The number of esters is 2. The van der Waals surface area contributed by atoms with E-state index < -0.39 is 41.6 Å². The van der Waals surface area contributed by atoms with Gasteiger partial charge in [0.1, 0.15) is 12.2 Å². The van der Waals surface area contributed by atoms with Gasteiger partial charge in [-0.05, 0) is 32.3 Å². The highest BCUT2D eigenvalue weighted by molar-refractivity contribution is 5.92. The maximum Gasteiger partial charge on any atom is 0.334 e. The van der Waals surface area contributed by atoms with Crippen LogP contribution in [0, 0.1) is 17.3 Å². The Kier molecular flexibility index (Phi) is 4.84. The summed E-state index contributed by atoms with van der Waals surface area (Å²) in [5.74, 6) is -1.68. The number of carbonyl (C=O) groups excluding carboxylic acids is 2. The lowest BCUT2D eigenvalue weighted by molar-refractivity contribution is -0.175. The fourth-order valence-electron chi connectivity index (χ4n) is 4.80. The van der Waals surface area contributed by atoms with Crippen molar-refractivity contribution >= 4 is 11.9 Å². The van der Waals surface area contributed by atoms with Crippen LogP contribution in [-0.4, -0.2) is 47.1 Å². The van der Waals surface area contributed by atoms with E-state index in [1.807, 2.05) is 6.92 Å². The van der Waals surface area contributed by atoms with Crippen LogP contribution in [0.4, 0.5) is 0 Å². The molecule has 0 unspecified atom stereocenters. The van der Waals surface area contributed by atoms with Gasteiger partial charge in [-0.1, -0.05) is 25.7 Å². The molecule has 1 saturated heterocycles. The molecule has 3 rings (SSSR count). The fraction of sp³-hybridized carbons (Fsp3) is 0.600. The summed E-state index contributed by atoms with van der Waals surface area (Å²) in [4.78, 5) is 24.5. The van der Waals surface area contributed by atoms with Crippen LogP contribution >= 0.6 is 0 Å². The molecule has 3 fully saturated rings. The van der Waals surface area contributed by atoms with Crippen LogP contribution < -0.4 is 0 Å². The number of fused-ring (bicyclic) bond motifs is 3. The van der Waals surface area contributed by atoms with Gasteiger partial charge < -0.3 is 19.7 Å². The van der Waals surface area contributed by atoms with E-state index in [1.165, 1.54) is 6.08 Å². The third kappa shape index (κ3) is 2.81. The fourth-order valence-corrected chi connectivity index (χ4v) is 4.80. The zero-order chi connectivity index (χ0) is 19.2.